The molecule has 9 aromatic rings. The molecule has 97 heavy (non-hydrogen) atoms. The molecule has 0 unspecified atom stereocenters. The Balaban J connectivity index is 0.000000148. The van der Waals surface area contributed by atoms with Crippen LogP contribution in [0.5, 0.6) is 0 Å². The van der Waals surface area contributed by atoms with Gasteiger partial charge in [-0.3, -0.25) is 29.1 Å². The van der Waals surface area contributed by atoms with Gasteiger partial charge in [0.05, 0.1) is 54.6 Å². The Morgan fingerprint density at radius 3 is 1.11 bits per heavy atom. The van der Waals surface area contributed by atoms with Gasteiger partial charge in [0.1, 0.15) is 16.9 Å². The molecule has 0 radical (unpaired) electrons. The lowest BCUT2D eigenvalue weighted by Crippen LogP contribution is -2.47. The Bertz CT molecular complexity index is 4690. The fourth-order valence-electron chi connectivity index (χ4n) is 12.6. The van der Waals surface area contributed by atoms with Crippen molar-refractivity contribution in [3.05, 3.63) is 160 Å². The average molecular weight is 1420 g/mol. The number of imidazole rings is 3. The normalized spacial score (nSPS) is 16.4. The van der Waals surface area contributed by atoms with Gasteiger partial charge in [0.15, 0.2) is 9.84 Å². The van der Waals surface area contributed by atoms with Crippen LogP contribution in [0.4, 0.5) is 0 Å². The number of sulfone groups is 1. The van der Waals surface area contributed by atoms with Crippen LogP contribution in [0.25, 0.3) is 50.7 Å². The van der Waals surface area contributed by atoms with E-state index >= 15 is 0 Å². The molecule has 6 aromatic heterocycles. The SMILES string of the molecule is CC(=O)N1CCN(Cc2c(-c3ccc(Cl)cc3)nc3ccc(S(=O)(=O)N4CCCC4)cn23)CC1.CCNS(=O)(=O)c1ccc2nc(-c3ccc(Cl)cc3)c(CN3CCN(C(C)=O)CC3)n2c1.CCS(=O)(=O)c1ccc2nc(-c3ccc(C)cc3)c(CN3CCN(C(C)=O)CC3)n2c1. The number of fused-ring (bicyclic) bond motifs is 3. The highest BCUT2D eigenvalue weighted by molar-refractivity contribution is 7.91. The van der Waals surface area contributed by atoms with Crippen LogP contribution >= 0.6 is 23.2 Å². The van der Waals surface area contributed by atoms with E-state index in [2.05, 4.69) is 43.7 Å². The van der Waals surface area contributed by atoms with Crippen LogP contribution in [0, 0.1) is 6.92 Å². The predicted octanol–water partition coefficient (Wildman–Crippen LogP) is 8.49. The number of hydrogen-bond acceptors (Lipinski definition) is 15. The van der Waals surface area contributed by atoms with Crippen LogP contribution < -0.4 is 4.72 Å². The van der Waals surface area contributed by atoms with E-state index in [1.54, 1.807) is 93.9 Å². The first kappa shape index (κ1) is 70.7. The molecule has 23 nitrogen and oxygen atoms in total. The van der Waals surface area contributed by atoms with Crippen molar-refractivity contribution in [3.63, 3.8) is 0 Å². The summed E-state index contributed by atoms with van der Waals surface area (Å²) in [6.07, 6.45) is 6.81. The van der Waals surface area contributed by atoms with Gasteiger partial charge < -0.3 is 27.9 Å². The summed E-state index contributed by atoms with van der Waals surface area (Å²) < 4.78 is 86.3. The summed E-state index contributed by atoms with van der Waals surface area (Å²) in [5.74, 6) is 0.331. The molecule has 0 aliphatic carbocycles. The van der Waals surface area contributed by atoms with E-state index < -0.39 is 29.9 Å². The minimum Gasteiger partial charge on any atom is -0.340 e. The van der Waals surface area contributed by atoms with Crippen molar-refractivity contribution < 1.29 is 39.6 Å². The van der Waals surface area contributed by atoms with Crippen LogP contribution in [0.15, 0.2) is 142 Å². The van der Waals surface area contributed by atoms with Gasteiger partial charge in [0, 0.05) is 184 Å². The Hall–Kier alpha value is -7.63. The van der Waals surface area contributed by atoms with Crippen LogP contribution in [-0.2, 0) is 63.9 Å². The standard InChI is InChI=1S/C24H28ClN5O3S.C23H28N4O3S.C22H26ClN5O3S/c1-18(31)28-14-12-27(13-15-28)17-22-24(19-4-6-20(25)7-5-19)26-23-9-8-21(16-30(22)23)34(32,33)29-10-2-3-11-29;1-4-31(29,30)20-9-10-22-24-23(19-7-5-17(2)6-8-19)21(27(22)15-20)16-25-11-13-26(14-12-25)18(3)28;1-3-24-32(30,31)19-8-9-21-25-22(17-4-6-18(23)7-5-17)20(28(21)14-19)15-26-10-12-27(13-11-26)16(2)29/h4-9,16H,2-3,10-15,17H2,1H3;5-10,15H,4,11-14,16H2,1-3H3;4-9,14,24H,3,10-13,15H2,1-2H3. The van der Waals surface area contributed by atoms with Crippen molar-refractivity contribution in [2.24, 2.45) is 0 Å². The van der Waals surface area contributed by atoms with E-state index in [1.165, 1.54) is 5.56 Å². The zero-order chi connectivity index (χ0) is 68.9. The van der Waals surface area contributed by atoms with Gasteiger partial charge in [-0.2, -0.15) is 4.31 Å². The Morgan fingerprint density at radius 2 is 0.763 bits per heavy atom. The van der Waals surface area contributed by atoms with Gasteiger partial charge >= 0.3 is 0 Å². The van der Waals surface area contributed by atoms with Crippen LogP contribution in [0.2, 0.25) is 10.0 Å². The first-order chi connectivity index (χ1) is 46.4. The molecule has 1 N–H and O–H groups in total. The van der Waals surface area contributed by atoms with Gasteiger partial charge in [-0.05, 0) is 80.4 Å². The summed E-state index contributed by atoms with van der Waals surface area (Å²) in [6, 6.07) is 33.3. The number of carbonyl (C=O) groups is 3. The van der Waals surface area contributed by atoms with Crippen LogP contribution in [-0.4, -0.2) is 209 Å². The van der Waals surface area contributed by atoms with Gasteiger partial charge in [-0.25, -0.2) is 44.9 Å². The smallest absolute Gasteiger partial charge is 0.244 e. The van der Waals surface area contributed by atoms with Crippen molar-refractivity contribution in [3.8, 4) is 33.8 Å². The van der Waals surface area contributed by atoms with Crippen LogP contribution in [0.1, 0.15) is 70.1 Å². The lowest BCUT2D eigenvalue weighted by molar-refractivity contribution is -0.131. The van der Waals surface area contributed by atoms with E-state index in [-0.39, 0.29) is 33.3 Å². The third-order valence-corrected chi connectivity index (χ3v) is 23.9. The molecule has 0 spiro atoms. The Labute approximate surface area is 577 Å². The van der Waals surface area contributed by atoms with Gasteiger partial charge in [-0.15, -0.1) is 0 Å². The highest BCUT2D eigenvalue weighted by Gasteiger charge is 2.31. The molecular weight excluding hydrogens is 1340 g/mol. The third kappa shape index (κ3) is 16.3. The fraction of sp³-hybridized carbons (Fsp3) is 0.391. The Kier molecular flexibility index (Phi) is 22.0. The topological polar surface area (TPSA) is 240 Å². The minimum atomic E-state index is -3.60. The van der Waals surface area contributed by atoms with E-state index in [1.807, 2.05) is 83.4 Å². The largest absolute Gasteiger partial charge is 0.340 e. The molecule has 4 aliphatic rings. The van der Waals surface area contributed by atoms with E-state index in [0.29, 0.717) is 105 Å². The minimum absolute atomic E-state index is 0.0559. The first-order valence-electron chi connectivity index (χ1n) is 32.7. The summed E-state index contributed by atoms with van der Waals surface area (Å²) in [7, 11) is -10.5. The van der Waals surface area contributed by atoms with Crippen molar-refractivity contribution >= 4 is 87.7 Å². The van der Waals surface area contributed by atoms with E-state index in [9.17, 15) is 39.6 Å². The molecule has 28 heteroatoms. The number of hydrogen-bond donors (Lipinski definition) is 1. The van der Waals surface area contributed by atoms with Gasteiger partial charge in [0.25, 0.3) is 0 Å². The molecule has 4 fully saturated rings. The molecule has 0 saturated carbocycles. The van der Waals surface area contributed by atoms with Crippen LogP contribution in [0.3, 0.4) is 0 Å². The number of amides is 3. The second-order valence-corrected chi connectivity index (χ2v) is 31.6. The number of sulfonamides is 2. The van der Waals surface area contributed by atoms with Gasteiger partial charge in [-0.1, -0.05) is 91.1 Å². The lowest BCUT2D eigenvalue weighted by Gasteiger charge is -2.34. The first-order valence-corrected chi connectivity index (χ1v) is 38.0. The number of nitrogens with one attached hydrogen (secondary N) is 1. The maximum Gasteiger partial charge on any atom is 0.244 e. The molecule has 13 rings (SSSR count). The monoisotopic (exact) mass is 1420 g/mol. The Morgan fingerprint density at radius 1 is 0.433 bits per heavy atom. The summed E-state index contributed by atoms with van der Waals surface area (Å²) in [5, 5.41) is 1.28. The lowest BCUT2D eigenvalue weighted by atomic mass is 10.1. The molecule has 0 atom stereocenters. The quantitative estimate of drug-likeness (QED) is 0.0954. The van der Waals surface area contributed by atoms with Crippen molar-refractivity contribution in [2.75, 3.05) is 104 Å². The molecule has 3 amide bonds. The number of benzene rings is 3. The molecule has 514 valence electrons. The average Bonchev–Trinajstić information content (AvgIpc) is 1.65. The second-order valence-electron chi connectivity index (χ2n) is 24.7. The third-order valence-electron chi connectivity index (χ3n) is 18.3. The summed E-state index contributed by atoms with van der Waals surface area (Å²) in [4.78, 5) is 62.7. The van der Waals surface area contributed by atoms with Crippen molar-refractivity contribution in [1.82, 2.24) is 66.6 Å². The maximum atomic E-state index is 13.2. The van der Waals surface area contributed by atoms with Crippen molar-refractivity contribution in [2.45, 2.75) is 88.7 Å². The number of piperazine rings is 3. The van der Waals surface area contributed by atoms with Crippen molar-refractivity contribution in [1.29, 1.82) is 0 Å². The number of aryl methyl sites for hydroxylation is 1. The number of nitrogens with zero attached hydrogens (tertiary/aromatic N) is 13. The highest BCUT2D eigenvalue weighted by atomic mass is 35.5. The molecule has 0 bridgehead atoms. The zero-order valence-corrected chi connectivity index (χ0v) is 59.4. The second kappa shape index (κ2) is 30.2. The highest BCUT2D eigenvalue weighted by Crippen LogP contribution is 2.33. The van der Waals surface area contributed by atoms with E-state index in [4.69, 9.17) is 38.2 Å². The number of rotatable bonds is 16. The summed E-state index contributed by atoms with van der Waals surface area (Å²) in [5.41, 5.74) is 11.3. The predicted molar refractivity (Wildman–Crippen MR) is 376 cm³/mol. The molecule has 3 aromatic carbocycles. The number of carbonyl (C=O) groups excluding carboxylic acids is 3. The summed E-state index contributed by atoms with van der Waals surface area (Å²) in [6.45, 7) is 22.1. The number of halogens is 2. The fourth-order valence-corrected chi connectivity index (χ4v) is 16.3. The molecule has 4 aliphatic heterocycles. The zero-order valence-electron chi connectivity index (χ0n) is 55.4. The van der Waals surface area contributed by atoms with E-state index in [0.717, 1.165) is 109 Å². The number of pyridine rings is 3. The summed E-state index contributed by atoms with van der Waals surface area (Å²) >= 11 is 12.2. The molecular formula is C69H82Cl2N14O9S3. The molecule has 4 saturated heterocycles. The number of aromatic nitrogens is 6. The van der Waals surface area contributed by atoms with Gasteiger partial charge in [0.2, 0.25) is 37.8 Å². The molecule has 10 heterocycles. The maximum absolute atomic E-state index is 13.2.